The van der Waals surface area contributed by atoms with Crippen molar-refractivity contribution in [1.29, 1.82) is 0 Å². The Morgan fingerprint density at radius 2 is 1.72 bits per heavy atom. The molecule has 4 N–H and O–H groups in total. The van der Waals surface area contributed by atoms with Gasteiger partial charge in [0, 0.05) is 6.42 Å². The molecule has 8 nitrogen and oxygen atoms in total. The number of aliphatic hydroxyl groups is 4. The van der Waals surface area contributed by atoms with E-state index in [1.165, 1.54) is 19.1 Å². The zero-order chi connectivity index (χ0) is 22.4. The average Bonchev–Trinajstić information content (AvgIpc) is 2.65. The second-order valence-electron chi connectivity index (χ2n) is 7.58. The Hall–Kier alpha value is -1.68. The van der Waals surface area contributed by atoms with Gasteiger partial charge >= 0.3 is 0 Å². The van der Waals surface area contributed by atoms with Crippen molar-refractivity contribution in [3.63, 3.8) is 0 Å². The molecule has 0 aromatic heterocycles. The molecule has 1 aliphatic heterocycles. The summed E-state index contributed by atoms with van der Waals surface area (Å²) in [5.41, 5.74) is 0.0834. The van der Waals surface area contributed by atoms with Crippen LogP contribution in [0.4, 0.5) is 0 Å². The first kappa shape index (κ1) is 25.4. The minimum Gasteiger partial charge on any atom is -0.394 e. The van der Waals surface area contributed by atoms with Crippen molar-refractivity contribution in [2.45, 2.75) is 76.8 Å². The molecule has 0 spiro atoms. The number of carbonyl (C=O) groups is 2. The number of ether oxygens (including phenoxy) is 2. The van der Waals surface area contributed by atoms with Crippen LogP contribution in [0.25, 0.3) is 0 Å². The van der Waals surface area contributed by atoms with E-state index in [2.05, 4.69) is 6.58 Å². The van der Waals surface area contributed by atoms with Crippen LogP contribution in [0.15, 0.2) is 36.0 Å². The van der Waals surface area contributed by atoms with E-state index in [0.717, 1.165) is 0 Å². The SMILES string of the molecule is C=CC(C)(CCC(=O)/C(C)=C/C(C)=C/C(C)=O)O[C@H]1O[C@H](CO)[C@@H](O)[C@H](O)[C@H]1O. The Kier molecular flexibility index (Phi) is 9.54. The Morgan fingerprint density at radius 3 is 2.24 bits per heavy atom. The van der Waals surface area contributed by atoms with E-state index in [-0.39, 0.29) is 24.4 Å². The summed E-state index contributed by atoms with van der Waals surface area (Å²) in [4.78, 5) is 23.5. The molecule has 0 bridgehead atoms. The molecule has 1 aliphatic rings. The van der Waals surface area contributed by atoms with E-state index >= 15 is 0 Å². The third kappa shape index (κ3) is 7.26. The molecule has 0 aliphatic carbocycles. The molecule has 0 aromatic rings. The first-order chi connectivity index (χ1) is 13.4. The largest absolute Gasteiger partial charge is 0.394 e. The smallest absolute Gasteiger partial charge is 0.187 e. The third-order valence-electron chi connectivity index (χ3n) is 4.83. The Labute approximate surface area is 171 Å². The first-order valence-electron chi connectivity index (χ1n) is 9.46. The fourth-order valence-electron chi connectivity index (χ4n) is 2.98. The minimum atomic E-state index is -1.55. The predicted molar refractivity (Wildman–Crippen MR) is 106 cm³/mol. The van der Waals surface area contributed by atoms with Gasteiger partial charge in [-0.05, 0) is 51.3 Å². The number of hydrogen-bond donors (Lipinski definition) is 4. The lowest BCUT2D eigenvalue weighted by Crippen LogP contribution is -2.60. The molecule has 0 amide bonds. The third-order valence-corrected chi connectivity index (χ3v) is 4.83. The van der Waals surface area contributed by atoms with Crippen LogP contribution in [0.5, 0.6) is 0 Å². The summed E-state index contributed by atoms with van der Waals surface area (Å²) in [7, 11) is 0. The fraction of sp³-hybridized carbons (Fsp3) is 0.619. The maximum Gasteiger partial charge on any atom is 0.187 e. The Bertz CT molecular complexity index is 666. The Morgan fingerprint density at radius 1 is 1.10 bits per heavy atom. The molecule has 164 valence electrons. The summed E-state index contributed by atoms with van der Waals surface area (Å²) in [6.07, 6.45) is -2.13. The van der Waals surface area contributed by atoms with Crippen LogP contribution in [0.1, 0.15) is 40.5 Å². The van der Waals surface area contributed by atoms with Gasteiger partial charge in [0.05, 0.1) is 12.2 Å². The number of allylic oxidation sites excluding steroid dienone is 4. The summed E-state index contributed by atoms with van der Waals surface area (Å²) >= 11 is 0. The number of aliphatic hydroxyl groups excluding tert-OH is 4. The molecule has 29 heavy (non-hydrogen) atoms. The molecule has 1 fully saturated rings. The monoisotopic (exact) mass is 412 g/mol. The van der Waals surface area contributed by atoms with Gasteiger partial charge in [0.2, 0.25) is 0 Å². The van der Waals surface area contributed by atoms with Crippen molar-refractivity contribution >= 4 is 11.6 Å². The van der Waals surface area contributed by atoms with Gasteiger partial charge in [0.25, 0.3) is 0 Å². The van der Waals surface area contributed by atoms with Gasteiger partial charge in [-0.1, -0.05) is 12.2 Å². The zero-order valence-corrected chi connectivity index (χ0v) is 17.4. The highest BCUT2D eigenvalue weighted by atomic mass is 16.7. The van der Waals surface area contributed by atoms with Crippen LogP contribution in [0.2, 0.25) is 0 Å². The van der Waals surface area contributed by atoms with E-state index in [1.54, 1.807) is 26.8 Å². The van der Waals surface area contributed by atoms with E-state index < -0.39 is 42.9 Å². The quantitative estimate of drug-likeness (QED) is 0.233. The summed E-state index contributed by atoms with van der Waals surface area (Å²) < 4.78 is 11.1. The number of ketones is 2. The van der Waals surface area contributed by atoms with E-state index in [1.807, 2.05) is 0 Å². The first-order valence-corrected chi connectivity index (χ1v) is 9.46. The lowest BCUT2D eigenvalue weighted by Gasteiger charge is -2.42. The van der Waals surface area contributed by atoms with Crippen molar-refractivity contribution in [3.05, 3.63) is 36.0 Å². The van der Waals surface area contributed by atoms with Gasteiger partial charge in [-0.3, -0.25) is 9.59 Å². The maximum absolute atomic E-state index is 12.4. The topological polar surface area (TPSA) is 134 Å². The predicted octanol–water partition coefficient (Wildman–Crippen LogP) is 0.578. The number of hydrogen-bond acceptors (Lipinski definition) is 8. The second kappa shape index (κ2) is 10.9. The minimum absolute atomic E-state index is 0.105. The molecule has 0 aromatic carbocycles. The van der Waals surface area contributed by atoms with Crippen LogP contribution in [-0.2, 0) is 19.1 Å². The molecule has 8 heteroatoms. The van der Waals surface area contributed by atoms with E-state index in [4.69, 9.17) is 9.47 Å². The number of rotatable bonds is 10. The lowest BCUT2D eigenvalue weighted by molar-refractivity contribution is -0.319. The van der Waals surface area contributed by atoms with Crippen LogP contribution in [0, 0.1) is 0 Å². The fourth-order valence-corrected chi connectivity index (χ4v) is 2.98. The van der Waals surface area contributed by atoms with Crippen LogP contribution in [-0.4, -0.2) is 74.9 Å². The van der Waals surface area contributed by atoms with Gasteiger partial charge < -0.3 is 29.9 Å². The molecule has 1 saturated heterocycles. The lowest BCUT2D eigenvalue weighted by atomic mass is 9.94. The second-order valence-corrected chi connectivity index (χ2v) is 7.58. The summed E-state index contributed by atoms with van der Waals surface area (Å²) in [6, 6.07) is 0. The highest BCUT2D eigenvalue weighted by Gasteiger charge is 2.46. The van der Waals surface area contributed by atoms with E-state index in [9.17, 15) is 30.0 Å². The molecular formula is C21H32O8. The van der Waals surface area contributed by atoms with Crippen molar-refractivity contribution < 1.29 is 39.5 Å². The summed E-state index contributed by atoms with van der Waals surface area (Å²) in [5.74, 6) is -0.252. The van der Waals surface area contributed by atoms with Crippen molar-refractivity contribution in [2.24, 2.45) is 0 Å². The normalized spacial score (nSPS) is 30.6. The van der Waals surface area contributed by atoms with Crippen LogP contribution in [0.3, 0.4) is 0 Å². The van der Waals surface area contributed by atoms with Gasteiger partial charge in [0.15, 0.2) is 17.9 Å². The number of Topliss-reactive ketones (excluding diaryl/α,β-unsaturated/α-hetero) is 1. The van der Waals surface area contributed by atoms with Gasteiger partial charge in [-0.25, -0.2) is 0 Å². The average molecular weight is 412 g/mol. The molecule has 0 saturated carbocycles. The molecule has 1 heterocycles. The molecule has 1 rings (SSSR count). The van der Waals surface area contributed by atoms with Crippen molar-refractivity contribution in [2.75, 3.05) is 6.61 Å². The van der Waals surface area contributed by atoms with E-state index in [0.29, 0.717) is 11.1 Å². The summed E-state index contributed by atoms with van der Waals surface area (Å²) in [5, 5.41) is 39.1. The van der Waals surface area contributed by atoms with Gasteiger partial charge in [0.1, 0.15) is 24.4 Å². The van der Waals surface area contributed by atoms with Gasteiger partial charge in [-0.15, -0.1) is 6.58 Å². The van der Waals surface area contributed by atoms with Crippen molar-refractivity contribution in [3.8, 4) is 0 Å². The standard InChI is InChI=1S/C21H32O8/c1-6-21(5,8-7-15(24)13(3)9-12(2)10-14(4)23)29-20-19(27)18(26)17(25)16(11-22)28-20/h6,9-10,16-20,22,25-27H,1,7-8,11H2,2-5H3/b12-10+,13-9+/t16-,17-,18+,19-,20-,21?/m1/s1. The van der Waals surface area contributed by atoms with Gasteiger partial charge in [-0.2, -0.15) is 0 Å². The Balaban J connectivity index is 2.80. The molecule has 0 radical (unpaired) electrons. The van der Waals surface area contributed by atoms with Crippen molar-refractivity contribution in [1.82, 2.24) is 0 Å². The maximum atomic E-state index is 12.4. The summed E-state index contributed by atoms with van der Waals surface area (Å²) in [6.45, 7) is 9.61. The molecular weight excluding hydrogens is 380 g/mol. The highest BCUT2D eigenvalue weighted by Crippen LogP contribution is 2.29. The molecule has 1 unspecified atom stereocenters. The number of carbonyl (C=O) groups excluding carboxylic acids is 2. The zero-order valence-electron chi connectivity index (χ0n) is 17.4. The van der Waals surface area contributed by atoms with Crippen LogP contribution >= 0.6 is 0 Å². The van der Waals surface area contributed by atoms with Crippen LogP contribution < -0.4 is 0 Å². The highest BCUT2D eigenvalue weighted by molar-refractivity contribution is 5.95. The molecule has 6 atom stereocenters.